The topological polar surface area (TPSA) is 115 Å². The van der Waals surface area contributed by atoms with Gasteiger partial charge in [0.1, 0.15) is 0 Å². The van der Waals surface area contributed by atoms with Crippen molar-refractivity contribution in [3.05, 3.63) is 23.5 Å². The smallest absolute Gasteiger partial charge is 0.339 e. The number of rotatable bonds is 6. The highest BCUT2D eigenvalue weighted by atomic mass is 16.5. The van der Waals surface area contributed by atoms with Gasteiger partial charge in [-0.05, 0) is 46.6 Å². The van der Waals surface area contributed by atoms with E-state index in [1.54, 1.807) is 30.8 Å². The third-order valence-electron chi connectivity index (χ3n) is 4.20. The molecule has 0 saturated carbocycles. The van der Waals surface area contributed by atoms with Crippen molar-refractivity contribution < 1.29 is 19.1 Å². The summed E-state index contributed by atoms with van der Waals surface area (Å²) in [5.41, 5.74) is 1.60. The molecule has 0 bridgehead atoms. The minimum Gasteiger partial charge on any atom is -0.449 e. The molecule has 29 heavy (non-hydrogen) atoms. The summed E-state index contributed by atoms with van der Waals surface area (Å²) in [6.45, 7) is 12.9. The van der Waals surface area contributed by atoms with Crippen LogP contribution in [0.4, 0.5) is 4.79 Å². The van der Waals surface area contributed by atoms with Crippen LogP contribution in [0.25, 0.3) is 11.0 Å². The standard InChI is InChI=1S/C20H29N5O4/c1-10(2)16-8-14(15-9-21-25(12(5)6)17(15)23-16)19(27)29-13(7)18(26)24-20(28)22-11(3)4/h8-13H,1-7H3,(H2,22,24,26,28)/t13-/m1/s1. The van der Waals surface area contributed by atoms with Gasteiger partial charge in [0.25, 0.3) is 5.91 Å². The summed E-state index contributed by atoms with van der Waals surface area (Å²) in [5.74, 6) is -1.29. The van der Waals surface area contributed by atoms with E-state index in [0.717, 1.165) is 5.69 Å². The Labute approximate surface area is 170 Å². The normalized spacial score (nSPS) is 12.5. The predicted molar refractivity (Wildman–Crippen MR) is 109 cm³/mol. The molecule has 0 fully saturated rings. The molecular formula is C20H29N5O4. The first kappa shape index (κ1) is 22.3. The van der Waals surface area contributed by atoms with Gasteiger partial charge in [-0.25, -0.2) is 19.3 Å². The van der Waals surface area contributed by atoms with E-state index in [0.29, 0.717) is 11.0 Å². The highest BCUT2D eigenvalue weighted by Gasteiger charge is 2.24. The van der Waals surface area contributed by atoms with E-state index in [1.165, 1.54) is 6.92 Å². The molecule has 2 rings (SSSR count). The fourth-order valence-electron chi connectivity index (χ4n) is 2.67. The van der Waals surface area contributed by atoms with E-state index in [1.807, 2.05) is 27.7 Å². The van der Waals surface area contributed by atoms with Gasteiger partial charge >= 0.3 is 12.0 Å². The van der Waals surface area contributed by atoms with Crippen LogP contribution in [0.1, 0.15) is 76.5 Å². The first-order valence-electron chi connectivity index (χ1n) is 9.71. The zero-order valence-corrected chi connectivity index (χ0v) is 17.9. The predicted octanol–water partition coefficient (Wildman–Crippen LogP) is 2.92. The van der Waals surface area contributed by atoms with Crippen LogP contribution in [0.5, 0.6) is 0 Å². The lowest BCUT2D eigenvalue weighted by Crippen LogP contribution is -2.46. The lowest BCUT2D eigenvalue weighted by Gasteiger charge is -2.15. The number of esters is 1. The Morgan fingerprint density at radius 1 is 1.07 bits per heavy atom. The molecule has 0 aliphatic carbocycles. The molecule has 2 aromatic rings. The van der Waals surface area contributed by atoms with Crippen molar-refractivity contribution in [1.29, 1.82) is 0 Å². The van der Waals surface area contributed by atoms with Gasteiger partial charge in [0.2, 0.25) is 0 Å². The molecule has 0 unspecified atom stereocenters. The second-order valence-electron chi connectivity index (χ2n) is 7.83. The first-order chi connectivity index (χ1) is 13.5. The number of nitrogens with one attached hydrogen (secondary N) is 2. The van der Waals surface area contributed by atoms with Gasteiger partial charge in [-0.15, -0.1) is 0 Å². The third-order valence-corrected chi connectivity index (χ3v) is 4.20. The maximum Gasteiger partial charge on any atom is 0.339 e. The van der Waals surface area contributed by atoms with Crippen LogP contribution in [-0.4, -0.2) is 44.8 Å². The van der Waals surface area contributed by atoms with Gasteiger partial charge in [0.05, 0.1) is 17.1 Å². The summed E-state index contributed by atoms with van der Waals surface area (Å²) in [4.78, 5) is 41.3. The summed E-state index contributed by atoms with van der Waals surface area (Å²) in [7, 11) is 0. The molecule has 0 radical (unpaired) electrons. The van der Waals surface area contributed by atoms with Gasteiger partial charge in [0.15, 0.2) is 11.8 Å². The summed E-state index contributed by atoms with van der Waals surface area (Å²) in [5, 5.41) is 9.59. The van der Waals surface area contributed by atoms with Crippen LogP contribution in [0.2, 0.25) is 0 Å². The van der Waals surface area contributed by atoms with E-state index in [9.17, 15) is 14.4 Å². The fraction of sp³-hybridized carbons (Fsp3) is 0.550. The molecule has 9 nitrogen and oxygen atoms in total. The molecule has 0 saturated heterocycles. The van der Waals surface area contributed by atoms with Crippen LogP contribution in [0, 0.1) is 0 Å². The number of carbonyl (C=O) groups is 3. The van der Waals surface area contributed by atoms with Crippen LogP contribution in [0.15, 0.2) is 12.3 Å². The summed E-state index contributed by atoms with van der Waals surface area (Å²) in [6.07, 6.45) is 0.426. The molecule has 0 aromatic carbocycles. The summed E-state index contributed by atoms with van der Waals surface area (Å²) < 4.78 is 7.06. The first-order valence-corrected chi connectivity index (χ1v) is 9.71. The number of urea groups is 1. The number of fused-ring (bicyclic) bond motifs is 1. The lowest BCUT2D eigenvalue weighted by molar-refractivity contribution is -0.127. The zero-order valence-electron chi connectivity index (χ0n) is 17.9. The van der Waals surface area contributed by atoms with Gasteiger partial charge in [-0.3, -0.25) is 10.1 Å². The maximum atomic E-state index is 12.8. The number of amides is 3. The Kier molecular flexibility index (Phi) is 6.94. The van der Waals surface area contributed by atoms with Gasteiger partial charge in [-0.1, -0.05) is 13.8 Å². The summed E-state index contributed by atoms with van der Waals surface area (Å²) in [6, 6.07) is 0.963. The third kappa shape index (κ3) is 5.30. The Morgan fingerprint density at radius 3 is 2.28 bits per heavy atom. The van der Waals surface area contributed by atoms with Crippen molar-refractivity contribution in [1.82, 2.24) is 25.4 Å². The van der Waals surface area contributed by atoms with Crippen molar-refractivity contribution in [2.75, 3.05) is 0 Å². The van der Waals surface area contributed by atoms with Crippen molar-refractivity contribution in [2.45, 2.75) is 72.6 Å². The molecule has 0 spiro atoms. The number of ether oxygens (including phenoxy) is 1. The number of pyridine rings is 1. The van der Waals surface area contributed by atoms with Gasteiger partial charge in [-0.2, -0.15) is 5.10 Å². The Morgan fingerprint density at radius 2 is 1.72 bits per heavy atom. The van der Waals surface area contributed by atoms with Crippen LogP contribution in [-0.2, 0) is 9.53 Å². The lowest BCUT2D eigenvalue weighted by atomic mass is 10.1. The highest BCUT2D eigenvalue weighted by molar-refractivity contribution is 6.04. The molecule has 0 aliphatic heterocycles. The van der Waals surface area contributed by atoms with Crippen molar-refractivity contribution >= 4 is 28.9 Å². The molecule has 1 atom stereocenters. The largest absolute Gasteiger partial charge is 0.449 e. The van der Waals surface area contributed by atoms with E-state index in [4.69, 9.17) is 4.74 Å². The maximum absolute atomic E-state index is 12.8. The molecule has 3 amide bonds. The van der Waals surface area contributed by atoms with Crippen LogP contribution >= 0.6 is 0 Å². The molecule has 2 N–H and O–H groups in total. The number of nitrogens with zero attached hydrogens (tertiary/aromatic N) is 3. The number of aromatic nitrogens is 3. The fourth-order valence-corrected chi connectivity index (χ4v) is 2.67. The van der Waals surface area contributed by atoms with Crippen LogP contribution in [0.3, 0.4) is 0 Å². The average Bonchev–Trinajstić information content (AvgIpc) is 3.03. The monoisotopic (exact) mass is 403 g/mol. The minimum absolute atomic E-state index is 0.0652. The number of imide groups is 1. The van der Waals surface area contributed by atoms with Crippen molar-refractivity contribution in [3.63, 3.8) is 0 Å². The van der Waals surface area contributed by atoms with Crippen LogP contribution < -0.4 is 10.6 Å². The van der Waals surface area contributed by atoms with Gasteiger partial charge < -0.3 is 10.1 Å². The quantitative estimate of drug-likeness (QED) is 0.717. The SMILES string of the molecule is CC(C)NC(=O)NC(=O)[C@@H](C)OC(=O)c1cc(C(C)C)nc2c1cnn2C(C)C. The number of hydrogen-bond donors (Lipinski definition) is 2. The Hall–Kier alpha value is -2.97. The van der Waals surface area contributed by atoms with E-state index in [-0.39, 0.29) is 23.6 Å². The minimum atomic E-state index is -1.15. The average molecular weight is 403 g/mol. The molecular weight excluding hydrogens is 374 g/mol. The van der Waals surface area contributed by atoms with Crippen molar-refractivity contribution in [3.8, 4) is 0 Å². The number of carbonyl (C=O) groups excluding carboxylic acids is 3. The highest BCUT2D eigenvalue weighted by Crippen LogP contribution is 2.25. The van der Waals surface area contributed by atoms with E-state index in [2.05, 4.69) is 20.7 Å². The summed E-state index contributed by atoms with van der Waals surface area (Å²) >= 11 is 0. The molecule has 2 aromatic heterocycles. The second kappa shape index (κ2) is 9.02. The Balaban J connectivity index is 2.28. The van der Waals surface area contributed by atoms with Crippen molar-refractivity contribution in [2.24, 2.45) is 0 Å². The Bertz CT molecular complexity index is 917. The number of hydrogen-bond acceptors (Lipinski definition) is 6. The molecule has 158 valence electrons. The van der Waals surface area contributed by atoms with E-state index >= 15 is 0 Å². The molecule has 9 heteroatoms. The van der Waals surface area contributed by atoms with Gasteiger partial charge in [0, 0.05) is 17.8 Å². The second-order valence-corrected chi connectivity index (χ2v) is 7.83. The molecule has 0 aliphatic rings. The molecule has 2 heterocycles. The zero-order chi connectivity index (χ0) is 21.9. The van der Waals surface area contributed by atoms with E-state index < -0.39 is 24.0 Å².